The molecule has 0 unspecified atom stereocenters. The van der Waals surface area contributed by atoms with Gasteiger partial charge in [0, 0.05) is 0 Å². The van der Waals surface area contributed by atoms with Gasteiger partial charge in [-0.1, -0.05) is 26.7 Å². The van der Waals surface area contributed by atoms with Gasteiger partial charge in [-0.05, 0) is 40.5 Å². The first-order valence-corrected chi connectivity index (χ1v) is 6.11. The summed E-state index contributed by atoms with van der Waals surface area (Å²) in [4.78, 5) is 0. The minimum absolute atomic E-state index is 0.0585. The molecular formula is C13H28O2. The summed E-state index contributed by atoms with van der Waals surface area (Å²) in [7, 11) is 0. The highest BCUT2D eigenvalue weighted by Crippen LogP contribution is 2.20. The molecule has 0 amide bonds. The van der Waals surface area contributed by atoms with Gasteiger partial charge in [0.1, 0.15) is 6.79 Å². The molecule has 2 nitrogen and oxygen atoms in total. The molecule has 0 saturated heterocycles. The van der Waals surface area contributed by atoms with Crippen LogP contribution >= 0.6 is 0 Å². The highest BCUT2D eigenvalue weighted by Gasteiger charge is 2.21. The third-order valence-corrected chi connectivity index (χ3v) is 2.60. The Morgan fingerprint density at radius 1 is 0.733 bits per heavy atom. The average molecular weight is 216 g/mol. The maximum Gasteiger partial charge on any atom is 0.148 e. The van der Waals surface area contributed by atoms with E-state index in [0.717, 1.165) is 25.7 Å². The molecule has 92 valence electrons. The molecule has 0 bridgehead atoms. The van der Waals surface area contributed by atoms with Gasteiger partial charge in [-0.3, -0.25) is 0 Å². The van der Waals surface area contributed by atoms with Gasteiger partial charge in [0.25, 0.3) is 0 Å². The molecule has 0 spiro atoms. The molecule has 0 atom stereocenters. The molecule has 0 saturated carbocycles. The van der Waals surface area contributed by atoms with Crippen molar-refractivity contribution in [1.82, 2.24) is 0 Å². The topological polar surface area (TPSA) is 18.5 Å². The van der Waals surface area contributed by atoms with Crippen molar-refractivity contribution < 1.29 is 9.47 Å². The Kier molecular flexibility index (Phi) is 6.46. The Bertz CT molecular complexity index is 144. The van der Waals surface area contributed by atoms with Gasteiger partial charge >= 0.3 is 0 Å². The van der Waals surface area contributed by atoms with Crippen LogP contribution in [0, 0.1) is 0 Å². The number of hydrogen-bond acceptors (Lipinski definition) is 2. The average Bonchev–Trinajstić information content (AvgIpc) is 2.02. The van der Waals surface area contributed by atoms with Crippen molar-refractivity contribution in [2.24, 2.45) is 0 Å². The van der Waals surface area contributed by atoms with E-state index in [-0.39, 0.29) is 11.2 Å². The molecule has 0 aromatic carbocycles. The first-order chi connectivity index (χ1) is 6.83. The Morgan fingerprint density at radius 3 is 1.33 bits per heavy atom. The molecule has 0 aliphatic rings. The number of hydrogen-bond donors (Lipinski definition) is 0. The molecule has 0 N–H and O–H groups in total. The molecule has 0 heterocycles. The van der Waals surface area contributed by atoms with Gasteiger partial charge in [-0.25, -0.2) is 0 Å². The first-order valence-electron chi connectivity index (χ1n) is 6.11. The molecule has 15 heavy (non-hydrogen) atoms. The summed E-state index contributed by atoms with van der Waals surface area (Å²) in [6, 6.07) is 0. The van der Waals surface area contributed by atoms with Crippen molar-refractivity contribution in [1.29, 1.82) is 0 Å². The quantitative estimate of drug-likeness (QED) is 0.568. The Balaban J connectivity index is 3.77. The van der Waals surface area contributed by atoms with Crippen molar-refractivity contribution in [3.05, 3.63) is 0 Å². The standard InChI is InChI=1S/C13H28O2/c1-7-9-12(3,4)14-11-15-13(5,6)10-8-2/h7-11H2,1-6H3. The molecule has 0 radical (unpaired) electrons. The zero-order valence-corrected chi connectivity index (χ0v) is 11.4. The van der Waals surface area contributed by atoms with Crippen molar-refractivity contribution in [2.75, 3.05) is 6.79 Å². The van der Waals surface area contributed by atoms with E-state index in [1.165, 1.54) is 0 Å². The summed E-state index contributed by atoms with van der Waals surface area (Å²) in [5, 5.41) is 0. The van der Waals surface area contributed by atoms with E-state index in [1.807, 2.05) is 0 Å². The van der Waals surface area contributed by atoms with Crippen LogP contribution in [0.15, 0.2) is 0 Å². The maximum absolute atomic E-state index is 5.73. The lowest BCUT2D eigenvalue weighted by Gasteiger charge is -2.29. The lowest BCUT2D eigenvalue weighted by molar-refractivity contribution is -0.177. The van der Waals surface area contributed by atoms with E-state index < -0.39 is 0 Å². The second-order valence-corrected chi connectivity index (χ2v) is 5.43. The Labute approximate surface area is 95.3 Å². The zero-order chi connectivity index (χ0) is 11.9. The van der Waals surface area contributed by atoms with Crippen LogP contribution in [0.4, 0.5) is 0 Å². The normalized spacial score (nSPS) is 13.2. The summed E-state index contributed by atoms with van der Waals surface area (Å²) in [5.74, 6) is 0. The predicted molar refractivity (Wildman–Crippen MR) is 65.0 cm³/mol. The molecule has 0 aliphatic heterocycles. The van der Waals surface area contributed by atoms with E-state index in [1.54, 1.807) is 0 Å². The highest BCUT2D eigenvalue weighted by molar-refractivity contribution is 4.68. The molecular weight excluding hydrogens is 188 g/mol. The third-order valence-electron chi connectivity index (χ3n) is 2.60. The van der Waals surface area contributed by atoms with Crippen molar-refractivity contribution in [2.45, 2.75) is 78.4 Å². The van der Waals surface area contributed by atoms with Gasteiger partial charge in [0.2, 0.25) is 0 Å². The summed E-state index contributed by atoms with van der Waals surface area (Å²) in [6.07, 6.45) is 4.44. The largest absolute Gasteiger partial charge is 0.350 e. The number of rotatable bonds is 8. The van der Waals surface area contributed by atoms with Crippen LogP contribution in [0.3, 0.4) is 0 Å². The van der Waals surface area contributed by atoms with Crippen LogP contribution in [0.2, 0.25) is 0 Å². The van der Waals surface area contributed by atoms with Gasteiger partial charge in [-0.2, -0.15) is 0 Å². The fourth-order valence-electron chi connectivity index (χ4n) is 1.70. The zero-order valence-electron chi connectivity index (χ0n) is 11.4. The van der Waals surface area contributed by atoms with Gasteiger partial charge in [-0.15, -0.1) is 0 Å². The fraction of sp³-hybridized carbons (Fsp3) is 1.00. The fourth-order valence-corrected chi connectivity index (χ4v) is 1.70. The lowest BCUT2D eigenvalue weighted by Crippen LogP contribution is -2.31. The minimum atomic E-state index is -0.0585. The van der Waals surface area contributed by atoms with E-state index in [4.69, 9.17) is 9.47 Å². The molecule has 0 fully saturated rings. The predicted octanol–water partition coefficient (Wildman–Crippen LogP) is 4.13. The molecule has 0 aromatic heterocycles. The third kappa shape index (κ3) is 7.80. The van der Waals surface area contributed by atoms with Gasteiger partial charge in [0.05, 0.1) is 11.2 Å². The van der Waals surface area contributed by atoms with Crippen LogP contribution < -0.4 is 0 Å². The minimum Gasteiger partial charge on any atom is -0.350 e. The van der Waals surface area contributed by atoms with E-state index in [2.05, 4.69) is 41.5 Å². The van der Waals surface area contributed by atoms with Crippen LogP contribution in [0.1, 0.15) is 67.2 Å². The van der Waals surface area contributed by atoms with Crippen LogP contribution in [0.25, 0.3) is 0 Å². The van der Waals surface area contributed by atoms with Gasteiger partial charge < -0.3 is 9.47 Å². The monoisotopic (exact) mass is 216 g/mol. The first kappa shape index (κ1) is 14.9. The second kappa shape index (κ2) is 6.49. The van der Waals surface area contributed by atoms with Gasteiger partial charge in [0.15, 0.2) is 0 Å². The van der Waals surface area contributed by atoms with Crippen LogP contribution in [-0.2, 0) is 9.47 Å². The van der Waals surface area contributed by atoms with E-state index >= 15 is 0 Å². The molecule has 2 heteroatoms. The highest BCUT2D eigenvalue weighted by atomic mass is 16.7. The molecule has 0 rings (SSSR count). The van der Waals surface area contributed by atoms with Crippen molar-refractivity contribution in [3.8, 4) is 0 Å². The maximum atomic E-state index is 5.73. The summed E-state index contributed by atoms with van der Waals surface area (Å²) in [5.41, 5.74) is -0.117. The molecule has 0 aliphatic carbocycles. The smallest absolute Gasteiger partial charge is 0.148 e. The SMILES string of the molecule is CCCC(C)(C)OCOC(C)(C)CCC. The Morgan fingerprint density at radius 2 is 1.07 bits per heavy atom. The lowest BCUT2D eigenvalue weighted by atomic mass is 10.0. The van der Waals surface area contributed by atoms with Crippen molar-refractivity contribution in [3.63, 3.8) is 0 Å². The second-order valence-electron chi connectivity index (χ2n) is 5.43. The summed E-state index contributed by atoms with van der Waals surface area (Å²) in [6.45, 7) is 13.2. The number of ether oxygens (including phenoxy) is 2. The summed E-state index contributed by atoms with van der Waals surface area (Å²) >= 11 is 0. The van der Waals surface area contributed by atoms with E-state index in [0.29, 0.717) is 6.79 Å². The van der Waals surface area contributed by atoms with E-state index in [9.17, 15) is 0 Å². The van der Waals surface area contributed by atoms with Crippen LogP contribution in [-0.4, -0.2) is 18.0 Å². The Hall–Kier alpha value is -0.0800. The molecule has 0 aromatic rings. The van der Waals surface area contributed by atoms with Crippen LogP contribution in [0.5, 0.6) is 0 Å². The summed E-state index contributed by atoms with van der Waals surface area (Å²) < 4.78 is 11.5. The van der Waals surface area contributed by atoms with Crippen molar-refractivity contribution >= 4 is 0 Å².